The Morgan fingerprint density at radius 3 is 2.65 bits per heavy atom. The summed E-state index contributed by atoms with van der Waals surface area (Å²) >= 11 is 3.53. The van der Waals surface area contributed by atoms with Gasteiger partial charge < -0.3 is 20.1 Å². The fraction of sp³-hybridized carbons (Fsp3) is 0.632. The van der Waals surface area contributed by atoms with Gasteiger partial charge in [0.1, 0.15) is 5.75 Å². The number of ether oxygens (including phenoxy) is 2. The first-order chi connectivity index (χ1) is 12.5. The third kappa shape index (κ3) is 6.14. The second kappa shape index (κ2) is 10.1. The van der Waals surface area contributed by atoms with Crippen molar-refractivity contribution in [1.29, 1.82) is 0 Å². The quantitative estimate of drug-likeness (QED) is 0.518. The van der Waals surface area contributed by atoms with Crippen LogP contribution in [0.3, 0.4) is 0 Å². The van der Waals surface area contributed by atoms with E-state index in [4.69, 9.17) is 14.5 Å². The highest BCUT2D eigenvalue weighted by atomic mass is 79.9. The fourth-order valence-electron chi connectivity index (χ4n) is 2.90. The van der Waals surface area contributed by atoms with Gasteiger partial charge in [-0.3, -0.25) is 4.90 Å². The Balaban J connectivity index is 1.96. The van der Waals surface area contributed by atoms with Gasteiger partial charge in [0.05, 0.1) is 31.3 Å². The molecule has 0 saturated carbocycles. The molecule has 1 saturated heterocycles. The van der Waals surface area contributed by atoms with Crippen LogP contribution in [0.2, 0.25) is 0 Å². The molecular weight excluding hydrogens is 396 g/mol. The van der Waals surface area contributed by atoms with Crippen LogP contribution in [0.25, 0.3) is 0 Å². The number of benzene rings is 1. The molecule has 1 heterocycles. The van der Waals surface area contributed by atoms with Crippen LogP contribution in [-0.2, 0) is 11.3 Å². The molecule has 0 atom stereocenters. The maximum atomic E-state index is 5.46. The van der Waals surface area contributed by atoms with Crippen LogP contribution < -0.4 is 15.4 Å². The third-order valence-electron chi connectivity index (χ3n) is 4.54. The molecule has 0 bridgehead atoms. The topological polar surface area (TPSA) is 58.1 Å². The van der Waals surface area contributed by atoms with Gasteiger partial charge in [-0.1, -0.05) is 6.07 Å². The monoisotopic (exact) mass is 426 g/mol. The Bertz CT molecular complexity index is 601. The van der Waals surface area contributed by atoms with Gasteiger partial charge in [0.25, 0.3) is 0 Å². The van der Waals surface area contributed by atoms with Crippen molar-refractivity contribution in [3.8, 4) is 5.75 Å². The Morgan fingerprint density at radius 2 is 2.04 bits per heavy atom. The van der Waals surface area contributed by atoms with Gasteiger partial charge in [0.15, 0.2) is 5.96 Å². The second-order valence-electron chi connectivity index (χ2n) is 6.93. The molecule has 0 aliphatic carbocycles. The highest BCUT2D eigenvalue weighted by Crippen LogP contribution is 2.25. The summed E-state index contributed by atoms with van der Waals surface area (Å²) in [4.78, 5) is 7.18. The average molecular weight is 427 g/mol. The van der Waals surface area contributed by atoms with Gasteiger partial charge in [-0.25, -0.2) is 4.99 Å². The largest absolute Gasteiger partial charge is 0.496 e. The molecule has 0 spiro atoms. The summed E-state index contributed by atoms with van der Waals surface area (Å²) in [5.41, 5.74) is 1.17. The molecule has 1 aliphatic rings. The summed E-state index contributed by atoms with van der Waals surface area (Å²) in [6.45, 7) is 12.4. The number of halogens is 1. The minimum atomic E-state index is 0.0448. The Morgan fingerprint density at radius 1 is 1.31 bits per heavy atom. The van der Waals surface area contributed by atoms with Crippen LogP contribution in [0.1, 0.15) is 26.3 Å². The number of aliphatic imine (C=N–C) groups is 1. The smallest absolute Gasteiger partial charge is 0.191 e. The number of morpholine rings is 1. The molecule has 1 aromatic carbocycles. The van der Waals surface area contributed by atoms with Crippen LogP contribution >= 0.6 is 15.9 Å². The Labute approximate surface area is 165 Å². The van der Waals surface area contributed by atoms with Crippen molar-refractivity contribution < 1.29 is 9.47 Å². The SMILES string of the molecule is CCNC(=NCc1ccc(OC)c(Br)c1)NCC(C)(C)N1CCOCC1. The van der Waals surface area contributed by atoms with Crippen molar-refractivity contribution in [2.24, 2.45) is 4.99 Å². The zero-order valence-electron chi connectivity index (χ0n) is 16.3. The van der Waals surface area contributed by atoms with Crippen LogP contribution in [0.5, 0.6) is 5.75 Å². The Kier molecular flexibility index (Phi) is 8.18. The molecule has 0 amide bonds. The van der Waals surface area contributed by atoms with Gasteiger partial charge in [0, 0.05) is 31.7 Å². The number of rotatable bonds is 7. The molecule has 0 aromatic heterocycles. The zero-order chi connectivity index (χ0) is 19.0. The van der Waals surface area contributed by atoms with E-state index in [0.29, 0.717) is 6.54 Å². The van der Waals surface area contributed by atoms with E-state index in [1.165, 1.54) is 0 Å². The van der Waals surface area contributed by atoms with E-state index in [1.54, 1.807) is 7.11 Å². The van der Waals surface area contributed by atoms with Crippen LogP contribution in [-0.4, -0.2) is 62.9 Å². The van der Waals surface area contributed by atoms with Crippen LogP contribution in [0, 0.1) is 0 Å². The lowest BCUT2D eigenvalue weighted by atomic mass is 10.0. The number of methoxy groups -OCH3 is 1. The molecule has 1 aromatic rings. The first-order valence-corrected chi connectivity index (χ1v) is 9.93. The summed E-state index contributed by atoms with van der Waals surface area (Å²) in [6, 6.07) is 6.04. The van der Waals surface area contributed by atoms with E-state index in [0.717, 1.165) is 61.1 Å². The summed E-state index contributed by atoms with van der Waals surface area (Å²) in [7, 11) is 1.67. The predicted octanol–water partition coefficient (Wildman–Crippen LogP) is 2.62. The van der Waals surface area contributed by atoms with E-state index in [1.807, 2.05) is 18.2 Å². The summed E-state index contributed by atoms with van der Waals surface area (Å²) < 4.78 is 11.7. The lowest BCUT2D eigenvalue weighted by molar-refractivity contribution is -0.00834. The molecule has 0 unspecified atom stereocenters. The van der Waals surface area contributed by atoms with Crippen molar-refractivity contribution >= 4 is 21.9 Å². The highest BCUT2D eigenvalue weighted by molar-refractivity contribution is 9.10. The van der Waals surface area contributed by atoms with E-state index < -0.39 is 0 Å². The summed E-state index contributed by atoms with van der Waals surface area (Å²) in [5, 5.41) is 6.81. The van der Waals surface area contributed by atoms with Gasteiger partial charge in [-0.2, -0.15) is 0 Å². The van der Waals surface area contributed by atoms with Crippen molar-refractivity contribution in [3.05, 3.63) is 28.2 Å². The molecule has 0 radical (unpaired) electrons. The van der Waals surface area contributed by atoms with Crippen LogP contribution in [0.4, 0.5) is 0 Å². The lowest BCUT2D eigenvalue weighted by Crippen LogP contribution is -2.56. The average Bonchev–Trinajstić information content (AvgIpc) is 2.65. The molecule has 2 N–H and O–H groups in total. The van der Waals surface area contributed by atoms with E-state index >= 15 is 0 Å². The number of hydrogen-bond acceptors (Lipinski definition) is 4. The standard InChI is InChI=1S/C19H31BrN4O2/c1-5-21-18(22-13-15-6-7-17(25-4)16(20)12-15)23-14-19(2,3)24-8-10-26-11-9-24/h6-7,12H,5,8-11,13-14H2,1-4H3,(H2,21,22,23). The van der Waals surface area contributed by atoms with Crippen molar-refractivity contribution in [3.63, 3.8) is 0 Å². The number of nitrogens with one attached hydrogen (secondary N) is 2. The van der Waals surface area contributed by atoms with Gasteiger partial charge in [0.2, 0.25) is 0 Å². The van der Waals surface area contributed by atoms with E-state index in [2.05, 4.69) is 52.2 Å². The van der Waals surface area contributed by atoms with Crippen molar-refractivity contribution in [2.45, 2.75) is 32.9 Å². The number of hydrogen-bond donors (Lipinski definition) is 2. The zero-order valence-corrected chi connectivity index (χ0v) is 17.9. The maximum absolute atomic E-state index is 5.46. The lowest BCUT2D eigenvalue weighted by Gasteiger charge is -2.41. The summed E-state index contributed by atoms with van der Waals surface area (Å²) in [6.07, 6.45) is 0. The maximum Gasteiger partial charge on any atom is 0.191 e. The van der Waals surface area contributed by atoms with Gasteiger partial charge >= 0.3 is 0 Å². The molecule has 7 heteroatoms. The normalized spacial score (nSPS) is 16.4. The molecule has 146 valence electrons. The first kappa shape index (κ1) is 21.0. The fourth-order valence-corrected chi connectivity index (χ4v) is 3.49. The molecule has 26 heavy (non-hydrogen) atoms. The highest BCUT2D eigenvalue weighted by Gasteiger charge is 2.28. The van der Waals surface area contributed by atoms with Gasteiger partial charge in [-0.15, -0.1) is 0 Å². The number of nitrogens with zero attached hydrogens (tertiary/aromatic N) is 2. The molecule has 6 nitrogen and oxygen atoms in total. The second-order valence-corrected chi connectivity index (χ2v) is 7.78. The minimum Gasteiger partial charge on any atom is -0.496 e. The van der Waals surface area contributed by atoms with E-state index in [-0.39, 0.29) is 5.54 Å². The molecule has 1 aliphatic heterocycles. The molecule has 2 rings (SSSR count). The third-order valence-corrected chi connectivity index (χ3v) is 5.16. The summed E-state index contributed by atoms with van der Waals surface area (Å²) in [5.74, 6) is 1.66. The van der Waals surface area contributed by atoms with Crippen LogP contribution in [0.15, 0.2) is 27.7 Å². The number of guanidine groups is 1. The predicted molar refractivity (Wildman–Crippen MR) is 110 cm³/mol. The Hall–Kier alpha value is -1.31. The van der Waals surface area contributed by atoms with Crippen molar-refractivity contribution in [1.82, 2.24) is 15.5 Å². The van der Waals surface area contributed by atoms with Crippen molar-refractivity contribution in [2.75, 3.05) is 46.5 Å². The first-order valence-electron chi connectivity index (χ1n) is 9.13. The van der Waals surface area contributed by atoms with Gasteiger partial charge in [-0.05, 0) is 54.4 Å². The van der Waals surface area contributed by atoms with E-state index in [9.17, 15) is 0 Å². The molecule has 1 fully saturated rings. The minimum absolute atomic E-state index is 0.0448. The molecular formula is C19H31BrN4O2.